The van der Waals surface area contributed by atoms with E-state index in [9.17, 15) is 9.59 Å². The Morgan fingerprint density at radius 2 is 1.86 bits per heavy atom. The van der Waals surface area contributed by atoms with Gasteiger partial charge in [0, 0.05) is 17.3 Å². The second kappa shape index (κ2) is 9.41. The van der Waals surface area contributed by atoms with Crippen LogP contribution in [0, 0.1) is 5.92 Å². The van der Waals surface area contributed by atoms with Gasteiger partial charge in [0.1, 0.15) is 0 Å². The van der Waals surface area contributed by atoms with Gasteiger partial charge in [0.15, 0.2) is 0 Å². The van der Waals surface area contributed by atoms with Crippen molar-refractivity contribution in [2.75, 3.05) is 23.7 Å². The van der Waals surface area contributed by atoms with Gasteiger partial charge in [-0.05, 0) is 56.6 Å². The Labute approximate surface area is 175 Å². The van der Waals surface area contributed by atoms with Gasteiger partial charge in [0.25, 0.3) is 0 Å². The lowest BCUT2D eigenvalue weighted by atomic mass is 9.95. The SMILES string of the molecule is CC(C(=O)Nc1cc(Cl)ccc1Cl)N1CCCC(C(=O)Nc2ccccc2)C1. The number of hydrogen-bond acceptors (Lipinski definition) is 3. The normalized spacial score (nSPS) is 18.3. The zero-order chi connectivity index (χ0) is 20.1. The molecule has 0 bridgehead atoms. The van der Waals surface area contributed by atoms with Gasteiger partial charge >= 0.3 is 0 Å². The van der Waals surface area contributed by atoms with Gasteiger partial charge in [-0.2, -0.15) is 0 Å². The van der Waals surface area contributed by atoms with E-state index in [1.54, 1.807) is 18.2 Å². The van der Waals surface area contributed by atoms with E-state index in [-0.39, 0.29) is 23.8 Å². The van der Waals surface area contributed by atoms with Crippen LogP contribution in [0.2, 0.25) is 10.0 Å². The number of benzene rings is 2. The Balaban J connectivity index is 1.60. The molecular formula is C21H23Cl2N3O2. The average molecular weight is 420 g/mol. The van der Waals surface area contributed by atoms with Gasteiger partial charge in [0.05, 0.1) is 22.7 Å². The van der Waals surface area contributed by atoms with Crippen LogP contribution in [0.1, 0.15) is 19.8 Å². The number of nitrogens with one attached hydrogen (secondary N) is 2. The summed E-state index contributed by atoms with van der Waals surface area (Å²) in [4.78, 5) is 27.3. The third-order valence-corrected chi connectivity index (χ3v) is 5.54. The van der Waals surface area contributed by atoms with Crippen molar-refractivity contribution in [2.45, 2.75) is 25.8 Å². The minimum Gasteiger partial charge on any atom is -0.326 e. The first kappa shape index (κ1) is 20.6. The Bertz CT molecular complexity index is 845. The fraction of sp³-hybridized carbons (Fsp3) is 0.333. The van der Waals surface area contributed by atoms with Crippen molar-refractivity contribution < 1.29 is 9.59 Å². The maximum Gasteiger partial charge on any atom is 0.241 e. The molecule has 2 unspecified atom stereocenters. The molecule has 0 spiro atoms. The molecule has 2 atom stereocenters. The van der Waals surface area contributed by atoms with Crippen LogP contribution < -0.4 is 10.6 Å². The number of nitrogens with zero attached hydrogens (tertiary/aromatic N) is 1. The molecular weight excluding hydrogens is 397 g/mol. The van der Waals surface area contributed by atoms with Crippen molar-refractivity contribution in [1.29, 1.82) is 0 Å². The minimum absolute atomic E-state index is 0.0126. The highest BCUT2D eigenvalue weighted by Crippen LogP contribution is 2.26. The minimum atomic E-state index is -0.387. The van der Waals surface area contributed by atoms with E-state index in [4.69, 9.17) is 23.2 Å². The Morgan fingerprint density at radius 1 is 1.11 bits per heavy atom. The van der Waals surface area contributed by atoms with Crippen LogP contribution in [0.25, 0.3) is 0 Å². The van der Waals surface area contributed by atoms with Gasteiger partial charge in [-0.15, -0.1) is 0 Å². The number of likely N-dealkylation sites (tertiary alicyclic amines) is 1. The molecule has 1 aliphatic rings. The molecule has 28 heavy (non-hydrogen) atoms. The van der Waals surface area contributed by atoms with Gasteiger partial charge in [-0.1, -0.05) is 41.4 Å². The van der Waals surface area contributed by atoms with Crippen LogP contribution in [0.4, 0.5) is 11.4 Å². The molecule has 2 N–H and O–H groups in total. The topological polar surface area (TPSA) is 61.4 Å². The van der Waals surface area contributed by atoms with Crippen molar-refractivity contribution in [3.05, 3.63) is 58.6 Å². The molecule has 2 aromatic rings. The lowest BCUT2D eigenvalue weighted by Crippen LogP contribution is -2.49. The molecule has 2 aromatic carbocycles. The number of rotatable bonds is 5. The number of carbonyl (C=O) groups is 2. The van der Waals surface area contributed by atoms with E-state index in [0.29, 0.717) is 22.3 Å². The van der Waals surface area contributed by atoms with E-state index < -0.39 is 0 Å². The fourth-order valence-electron chi connectivity index (χ4n) is 3.33. The van der Waals surface area contributed by atoms with Crippen molar-refractivity contribution in [2.24, 2.45) is 5.92 Å². The first-order valence-corrected chi connectivity index (χ1v) is 10.1. The molecule has 0 aliphatic carbocycles. The molecule has 148 valence electrons. The average Bonchev–Trinajstić information content (AvgIpc) is 2.71. The van der Waals surface area contributed by atoms with Crippen molar-refractivity contribution in [3.63, 3.8) is 0 Å². The highest BCUT2D eigenvalue weighted by Gasteiger charge is 2.31. The second-order valence-electron chi connectivity index (χ2n) is 6.98. The summed E-state index contributed by atoms with van der Waals surface area (Å²) in [6, 6.07) is 14.0. The number of amides is 2. The molecule has 2 amide bonds. The van der Waals surface area contributed by atoms with Crippen molar-refractivity contribution in [3.8, 4) is 0 Å². The highest BCUT2D eigenvalue weighted by molar-refractivity contribution is 6.35. The predicted octanol–water partition coefficient (Wildman–Crippen LogP) is 4.67. The molecule has 3 rings (SSSR count). The summed E-state index contributed by atoms with van der Waals surface area (Å²) in [5.74, 6) is -0.339. The van der Waals surface area contributed by atoms with Gasteiger partial charge < -0.3 is 10.6 Å². The summed E-state index contributed by atoms with van der Waals surface area (Å²) in [5.41, 5.74) is 1.27. The van der Waals surface area contributed by atoms with E-state index in [2.05, 4.69) is 10.6 Å². The highest BCUT2D eigenvalue weighted by atomic mass is 35.5. The Hall–Kier alpha value is -2.08. The molecule has 5 nitrogen and oxygen atoms in total. The van der Waals surface area contributed by atoms with E-state index in [0.717, 1.165) is 25.1 Å². The molecule has 1 aliphatic heterocycles. The van der Waals surface area contributed by atoms with Crippen LogP contribution in [-0.2, 0) is 9.59 Å². The van der Waals surface area contributed by atoms with Crippen LogP contribution in [-0.4, -0.2) is 35.8 Å². The van der Waals surface area contributed by atoms with E-state index in [1.165, 1.54) is 0 Å². The number of para-hydroxylation sites is 1. The van der Waals surface area contributed by atoms with Crippen molar-refractivity contribution >= 4 is 46.4 Å². The van der Waals surface area contributed by atoms with Gasteiger partial charge in [-0.3, -0.25) is 14.5 Å². The summed E-state index contributed by atoms with van der Waals surface area (Å²) < 4.78 is 0. The van der Waals surface area contributed by atoms with Crippen LogP contribution in [0.5, 0.6) is 0 Å². The standard InChI is InChI=1S/C21H23Cl2N3O2/c1-14(20(27)25-19-12-16(22)9-10-18(19)23)26-11-5-6-15(13-26)21(28)24-17-7-3-2-4-8-17/h2-4,7-10,12,14-15H,5-6,11,13H2,1H3,(H,24,28)(H,25,27). The second-order valence-corrected chi connectivity index (χ2v) is 7.82. The Morgan fingerprint density at radius 3 is 2.61 bits per heavy atom. The monoisotopic (exact) mass is 419 g/mol. The molecule has 1 saturated heterocycles. The third-order valence-electron chi connectivity index (χ3n) is 4.98. The van der Waals surface area contributed by atoms with Crippen LogP contribution in [0.15, 0.2) is 48.5 Å². The van der Waals surface area contributed by atoms with E-state index in [1.807, 2.05) is 42.2 Å². The Kier molecular flexibility index (Phi) is 6.94. The first-order valence-electron chi connectivity index (χ1n) is 9.30. The third kappa shape index (κ3) is 5.25. The number of anilines is 2. The number of carbonyl (C=O) groups excluding carboxylic acids is 2. The molecule has 1 heterocycles. The zero-order valence-corrected chi connectivity index (χ0v) is 17.1. The lowest BCUT2D eigenvalue weighted by Gasteiger charge is -2.35. The van der Waals surface area contributed by atoms with Crippen LogP contribution >= 0.6 is 23.2 Å². The van der Waals surface area contributed by atoms with Crippen molar-refractivity contribution in [1.82, 2.24) is 4.90 Å². The molecule has 1 fully saturated rings. The zero-order valence-electron chi connectivity index (χ0n) is 15.6. The quantitative estimate of drug-likeness (QED) is 0.739. The fourth-order valence-corrected chi connectivity index (χ4v) is 3.67. The summed E-state index contributed by atoms with van der Waals surface area (Å²) in [6.45, 7) is 3.15. The smallest absolute Gasteiger partial charge is 0.241 e. The molecule has 0 radical (unpaired) electrons. The van der Waals surface area contributed by atoms with E-state index >= 15 is 0 Å². The predicted molar refractivity (Wildman–Crippen MR) is 114 cm³/mol. The maximum absolute atomic E-state index is 12.7. The van der Waals surface area contributed by atoms with Gasteiger partial charge in [-0.25, -0.2) is 0 Å². The molecule has 7 heteroatoms. The first-order chi connectivity index (χ1) is 13.4. The largest absolute Gasteiger partial charge is 0.326 e. The lowest BCUT2D eigenvalue weighted by molar-refractivity contribution is -0.125. The van der Waals surface area contributed by atoms with Gasteiger partial charge in [0.2, 0.25) is 11.8 Å². The summed E-state index contributed by atoms with van der Waals surface area (Å²) >= 11 is 12.1. The number of piperidine rings is 1. The summed E-state index contributed by atoms with van der Waals surface area (Å²) in [6.07, 6.45) is 1.67. The summed E-state index contributed by atoms with van der Waals surface area (Å²) in [7, 11) is 0. The number of halogens is 2. The molecule has 0 saturated carbocycles. The number of hydrogen-bond donors (Lipinski definition) is 2. The van der Waals surface area contributed by atoms with Crippen LogP contribution in [0.3, 0.4) is 0 Å². The maximum atomic E-state index is 12.7. The molecule has 0 aromatic heterocycles. The summed E-state index contributed by atoms with van der Waals surface area (Å²) in [5, 5.41) is 6.73.